The summed E-state index contributed by atoms with van der Waals surface area (Å²) in [5.41, 5.74) is 0. The second-order valence-corrected chi connectivity index (χ2v) is 33.3. The van der Waals surface area contributed by atoms with E-state index in [1.54, 1.807) is 0 Å². The molecule has 0 heterocycles. The van der Waals surface area contributed by atoms with Crippen molar-refractivity contribution in [1.82, 2.24) is 0 Å². The number of phosphoric acid groups is 2. The molecule has 100 heavy (non-hydrogen) atoms. The van der Waals surface area contributed by atoms with E-state index in [2.05, 4.69) is 48.5 Å². The molecule has 6 atom stereocenters. The van der Waals surface area contributed by atoms with Gasteiger partial charge in [0.05, 0.1) is 26.4 Å². The van der Waals surface area contributed by atoms with Gasteiger partial charge in [-0.1, -0.05) is 370 Å². The van der Waals surface area contributed by atoms with Gasteiger partial charge in [-0.3, -0.25) is 37.3 Å². The van der Waals surface area contributed by atoms with Crippen LogP contribution in [0, 0.1) is 17.8 Å². The maximum absolute atomic E-state index is 13.1. The number of rotatable bonds is 79. The zero-order valence-corrected chi connectivity index (χ0v) is 67.5. The average molecular weight is 1470 g/mol. The summed E-state index contributed by atoms with van der Waals surface area (Å²) >= 11 is 0. The normalized spacial score (nSPS) is 14.2. The summed E-state index contributed by atoms with van der Waals surface area (Å²) in [5.74, 6) is 0.303. The quantitative estimate of drug-likeness (QED) is 0.0222. The van der Waals surface area contributed by atoms with Crippen molar-refractivity contribution in [1.29, 1.82) is 0 Å². The number of phosphoric ester groups is 2. The largest absolute Gasteiger partial charge is 0.472 e. The Hall–Kier alpha value is -1.94. The molecular formula is C81H158O17P2. The molecule has 0 aromatic carbocycles. The van der Waals surface area contributed by atoms with Gasteiger partial charge in [-0.05, 0) is 43.4 Å². The van der Waals surface area contributed by atoms with Gasteiger partial charge in [-0.25, -0.2) is 9.13 Å². The number of esters is 4. The van der Waals surface area contributed by atoms with Crippen molar-refractivity contribution in [3.05, 3.63) is 0 Å². The van der Waals surface area contributed by atoms with Crippen LogP contribution in [0.15, 0.2) is 0 Å². The van der Waals surface area contributed by atoms with Crippen LogP contribution in [-0.2, 0) is 65.4 Å². The minimum absolute atomic E-state index is 0.106. The maximum atomic E-state index is 13.1. The highest BCUT2D eigenvalue weighted by Crippen LogP contribution is 2.45. The molecule has 17 nitrogen and oxygen atoms in total. The minimum atomic E-state index is -4.96. The zero-order valence-electron chi connectivity index (χ0n) is 65.7. The van der Waals surface area contributed by atoms with Crippen LogP contribution >= 0.6 is 15.6 Å². The minimum Gasteiger partial charge on any atom is -0.462 e. The highest BCUT2D eigenvalue weighted by Gasteiger charge is 2.30. The molecule has 0 fully saturated rings. The van der Waals surface area contributed by atoms with Crippen LogP contribution in [0.3, 0.4) is 0 Å². The Labute approximate surface area is 613 Å². The summed E-state index contributed by atoms with van der Waals surface area (Å²) < 4.78 is 68.7. The van der Waals surface area contributed by atoms with Crippen LogP contribution in [0.5, 0.6) is 0 Å². The van der Waals surface area contributed by atoms with Gasteiger partial charge in [-0.15, -0.1) is 0 Å². The fraction of sp³-hybridized carbons (Fsp3) is 0.951. The summed E-state index contributed by atoms with van der Waals surface area (Å²) in [6, 6.07) is 0. The van der Waals surface area contributed by atoms with E-state index in [1.807, 2.05) is 0 Å². The molecule has 3 unspecified atom stereocenters. The van der Waals surface area contributed by atoms with Gasteiger partial charge < -0.3 is 33.8 Å². The maximum Gasteiger partial charge on any atom is 0.472 e. The monoisotopic (exact) mass is 1470 g/mol. The lowest BCUT2D eigenvalue weighted by molar-refractivity contribution is -0.161. The fourth-order valence-corrected chi connectivity index (χ4v) is 14.0. The lowest BCUT2D eigenvalue weighted by atomic mass is 9.99. The van der Waals surface area contributed by atoms with E-state index in [0.29, 0.717) is 25.7 Å². The van der Waals surface area contributed by atoms with Crippen molar-refractivity contribution >= 4 is 39.5 Å². The third-order valence-electron chi connectivity index (χ3n) is 19.2. The molecule has 0 aliphatic rings. The van der Waals surface area contributed by atoms with Gasteiger partial charge in [0, 0.05) is 25.7 Å². The number of unbranched alkanes of at least 4 members (excludes halogenated alkanes) is 46. The predicted molar refractivity (Wildman–Crippen MR) is 409 cm³/mol. The molecular weight excluding hydrogens is 1310 g/mol. The molecule has 0 amide bonds. The van der Waals surface area contributed by atoms with E-state index >= 15 is 0 Å². The Kier molecular flexibility index (Phi) is 69.9. The molecule has 0 bridgehead atoms. The molecule has 0 saturated heterocycles. The van der Waals surface area contributed by atoms with E-state index in [0.717, 1.165) is 108 Å². The summed E-state index contributed by atoms with van der Waals surface area (Å²) in [5, 5.41) is 10.6. The number of aliphatic hydroxyl groups excluding tert-OH is 1. The third kappa shape index (κ3) is 73.0. The van der Waals surface area contributed by atoms with Crippen LogP contribution < -0.4 is 0 Å². The van der Waals surface area contributed by atoms with Crippen molar-refractivity contribution in [3.8, 4) is 0 Å². The van der Waals surface area contributed by atoms with Gasteiger partial charge in [-0.2, -0.15) is 0 Å². The molecule has 594 valence electrons. The first kappa shape index (κ1) is 98.1. The number of hydrogen-bond donors (Lipinski definition) is 3. The Bertz CT molecular complexity index is 1940. The van der Waals surface area contributed by atoms with Crippen molar-refractivity contribution in [2.24, 2.45) is 17.8 Å². The van der Waals surface area contributed by atoms with Crippen molar-refractivity contribution in [2.45, 2.75) is 439 Å². The van der Waals surface area contributed by atoms with Gasteiger partial charge in [0.25, 0.3) is 0 Å². The van der Waals surface area contributed by atoms with E-state index < -0.39 is 97.5 Å². The van der Waals surface area contributed by atoms with E-state index in [9.17, 15) is 43.2 Å². The lowest BCUT2D eigenvalue weighted by Gasteiger charge is -2.21. The van der Waals surface area contributed by atoms with E-state index in [1.165, 1.54) is 231 Å². The first-order chi connectivity index (χ1) is 48.3. The predicted octanol–water partition coefficient (Wildman–Crippen LogP) is 24.1. The Morgan fingerprint density at radius 3 is 0.760 bits per heavy atom. The van der Waals surface area contributed by atoms with E-state index in [-0.39, 0.29) is 25.7 Å². The standard InChI is InChI=1S/C81H158O17P2/c1-8-10-11-12-13-31-41-48-55-62-78(83)91-68-76(98-81(86)65-58-51-44-37-30-29-34-40-47-54-61-74(7)9-2)70-95-99(87,88)93-66-75(82)67-94-100(89,90)96-71-77(69-92-79(84)63-56-49-42-35-27-24-20-22-26-33-39-46-53-60-73(5)6)97-80(85)64-57-50-43-36-28-23-19-17-15-14-16-18-21-25-32-38-45-52-59-72(3)4/h72-77,82H,8-71H2,1-7H3,(H,87,88)(H,89,90)/t74?,75-,76+,77+/m0/s1. The van der Waals surface area contributed by atoms with Crippen molar-refractivity contribution < 1.29 is 80.2 Å². The highest BCUT2D eigenvalue weighted by molar-refractivity contribution is 7.47. The molecule has 3 N–H and O–H groups in total. The van der Waals surface area contributed by atoms with Gasteiger partial charge in [0.15, 0.2) is 12.2 Å². The Balaban J connectivity index is 5.22. The summed E-state index contributed by atoms with van der Waals surface area (Å²) in [4.78, 5) is 73.0. The molecule has 0 aliphatic carbocycles. The first-order valence-electron chi connectivity index (χ1n) is 41.9. The lowest BCUT2D eigenvalue weighted by Crippen LogP contribution is -2.30. The first-order valence-corrected chi connectivity index (χ1v) is 44.9. The fourth-order valence-electron chi connectivity index (χ4n) is 12.5. The number of carbonyl (C=O) groups is 4. The van der Waals surface area contributed by atoms with Gasteiger partial charge in [0.2, 0.25) is 0 Å². The molecule has 0 saturated carbocycles. The van der Waals surface area contributed by atoms with Gasteiger partial charge in [0.1, 0.15) is 19.3 Å². The molecule has 0 aliphatic heterocycles. The molecule has 0 spiro atoms. The third-order valence-corrected chi connectivity index (χ3v) is 21.1. The number of carbonyl (C=O) groups excluding carboxylic acids is 4. The second-order valence-electron chi connectivity index (χ2n) is 30.4. The van der Waals surface area contributed by atoms with Crippen LogP contribution in [0.25, 0.3) is 0 Å². The van der Waals surface area contributed by atoms with Crippen molar-refractivity contribution in [3.63, 3.8) is 0 Å². The molecule has 0 aromatic rings. The second kappa shape index (κ2) is 71.3. The molecule has 0 radical (unpaired) electrons. The van der Waals surface area contributed by atoms with Gasteiger partial charge >= 0.3 is 39.5 Å². The van der Waals surface area contributed by atoms with Crippen LogP contribution in [0.4, 0.5) is 0 Å². The summed E-state index contributed by atoms with van der Waals surface area (Å²) in [6.45, 7) is 12.0. The van der Waals surface area contributed by atoms with Crippen molar-refractivity contribution in [2.75, 3.05) is 39.6 Å². The number of aliphatic hydroxyl groups is 1. The average Bonchev–Trinajstić information content (AvgIpc) is 0.928. The topological polar surface area (TPSA) is 237 Å². The summed E-state index contributed by atoms with van der Waals surface area (Å²) in [7, 11) is -9.92. The Morgan fingerprint density at radius 1 is 0.290 bits per heavy atom. The molecule has 19 heteroatoms. The van der Waals surface area contributed by atoms with Crippen LogP contribution in [0.2, 0.25) is 0 Å². The summed E-state index contributed by atoms with van der Waals surface area (Å²) in [6.07, 6.45) is 59.6. The highest BCUT2D eigenvalue weighted by atomic mass is 31.2. The van der Waals surface area contributed by atoms with Crippen LogP contribution in [0.1, 0.15) is 421 Å². The van der Waals surface area contributed by atoms with Crippen LogP contribution in [-0.4, -0.2) is 96.7 Å². The number of ether oxygens (including phenoxy) is 4. The smallest absolute Gasteiger partial charge is 0.462 e. The molecule has 0 rings (SSSR count). The SMILES string of the molecule is CCCCCCCCCCCC(=O)OC[C@H](COP(=O)(O)OC[C@H](O)COP(=O)(O)OC[C@@H](COC(=O)CCCCCCCCCCCCCCCC(C)C)OC(=O)CCCCCCCCCCCCCCCCCCCCC(C)C)OC(=O)CCCCCCCCCCCCC(C)CC. The number of hydrogen-bond acceptors (Lipinski definition) is 15. The van der Waals surface area contributed by atoms with E-state index in [4.69, 9.17) is 37.0 Å². The zero-order chi connectivity index (χ0) is 73.7. The Morgan fingerprint density at radius 2 is 0.510 bits per heavy atom. The molecule has 0 aromatic heterocycles.